The van der Waals surface area contributed by atoms with E-state index in [1.165, 1.54) is 23.0 Å². The second-order valence-electron chi connectivity index (χ2n) is 9.30. The van der Waals surface area contributed by atoms with E-state index in [-0.39, 0.29) is 43.3 Å². The minimum atomic E-state index is -1.68. The van der Waals surface area contributed by atoms with Crippen molar-refractivity contribution in [2.24, 2.45) is 0 Å². The number of ether oxygens (including phenoxy) is 1. The van der Waals surface area contributed by atoms with Crippen LogP contribution in [0.2, 0.25) is 0 Å². The lowest BCUT2D eigenvalue weighted by Gasteiger charge is -2.28. The fourth-order valence-corrected chi connectivity index (χ4v) is 5.22. The molecule has 2 aromatic heterocycles. The van der Waals surface area contributed by atoms with Gasteiger partial charge >= 0.3 is 6.03 Å². The lowest BCUT2D eigenvalue weighted by Crippen LogP contribution is -2.52. The van der Waals surface area contributed by atoms with Crippen molar-refractivity contribution in [1.29, 1.82) is 0 Å². The number of furan rings is 1. The summed E-state index contributed by atoms with van der Waals surface area (Å²) in [5, 5.41) is 14.5. The van der Waals surface area contributed by atoms with Gasteiger partial charge in [-0.15, -0.1) is 0 Å². The van der Waals surface area contributed by atoms with Crippen molar-refractivity contribution < 1.29 is 33.4 Å². The van der Waals surface area contributed by atoms with Crippen LogP contribution in [0.4, 0.5) is 10.6 Å². The van der Waals surface area contributed by atoms with Crippen molar-refractivity contribution in [3.8, 4) is 5.75 Å². The van der Waals surface area contributed by atoms with Crippen LogP contribution in [0.15, 0.2) is 40.8 Å². The number of urea groups is 1. The number of hydrogen-bond donors (Lipinski definition) is 3. The Morgan fingerprint density at radius 3 is 2.76 bits per heavy atom. The predicted octanol–water partition coefficient (Wildman–Crippen LogP) is 1.01. The molecule has 3 aromatic rings. The van der Waals surface area contributed by atoms with Crippen LogP contribution in [-0.4, -0.2) is 65.0 Å². The standard InChI is InChI=1S/C25H23N5O7/c1-36-15-4-2-13-10-29(22(33)16(13)8-15)12-25(23(34)27-24(35)28-25)19-9-17-18(37-19)5-6-20(26-17)30-14(11-31)3-7-21(30)32/h2,4-6,8-9,14,31H,3,7,10-12H2,1H3,(H2,27,28,34,35). The maximum absolute atomic E-state index is 13.2. The smallest absolute Gasteiger partial charge is 0.322 e. The summed E-state index contributed by atoms with van der Waals surface area (Å²) >= 11 is 0. The maximum Gasteiger partial charge on any atom is 0.322 e. The number of rotatable bonds is 6. The Bertz CT molecular complexity index is 1480. The molecule has 1 aromatic carbocycles. The van der Waals surface area contributed by atoms with Gasteiger partial charge in [0.05, 0.1) is 26.3 Å². The van der Waals surface area contributed by atoms with Crippen molar-refractivity contribution in [2.75, 3.05) is 25.2 Å². The van der Waals surface area contributed by atoms with Crippen molar-refractivity contribution in [1.82, 2.24) is 20.5 Å². The second-order valence-corrected chi connectivity index (χ2v) is 9.30. The van der Waals surface area contributed by atoms with Crippen molar-refractivity contribution >= 4 is 40.7 Å². The Hall–Kier alpha value is -4.45. The zero-order valence-corrected chi connectivity index (χ0v) is 19.8. The second kappa shape index (κ2) is 8.30. The molecule has 2 unspecified atom stereocenters. The van der Waals surface area contributed by atoms with Gasteiger partial charge < -0.3 is 24.5 Å². The van der Waals surface area contributed by atoms with Gasteiger partial charge in [0.25, 0.3) is 11.8 Å². The number of benzene rings is 1. The molecular weight excluding hydrogens is 482 g/mol. The van der Waals surface area contributed by atoms with Gasteiger partial charge in [-0.1, -0.05) is 6.07 Å². The number of aromatic nitrogens is 1. The number of amides is 5. The van der Waals surface area contributed by atoms with E-state index < -0.39 is 17.5 Å². The number of methoxy groups -OCH3 is 1. The highest BCUT2D eigenvalue weighted by molar-refractivity contribution is 6.08. The zero-order chi connectivity index (χ0) is 25.9. The van der Waals surface area contributed by atoms with Crippen LogP contribution in [0.5, 0.6) is 5.75 Å². The summed E-state index contributed by atoms with van der Waals surface area (Å²) in [6.45, 7) is -0.120. The Morgan fingerprint density at radius 2 is 2.03 bits per heavy atom. The summed E-state index contributed by atoms with van der Waals surface area (Å²) in [4.78, 5) is 58.4. The third-order valence-electron chi connectivity index (χ3n) is 7.13. The van der Waals surface area contributed by atoms with E-state index in [4.69, 9.17) is 9.15 Å². The SMILES string of the molecule is COc1ccc2c(c1)C(=O)N(CC1(c3cc4nc(N5C(=O)CCC5CO)ccc4o3)NC(=O)NC1=O)C2. The number of hydrogen-bond acceptors (Lipinski definition) is 8. The van der Waals surface area contributed by atoms with E-state index in [0.717, 1.165) is 5.56 Å². The van der Waals surface area contributed by atoms with Crippen LogP contribution in [0.3, 0.4) is 0 Å². The molecule has 0 radical (unpaired) electrons. The van der Waals surface area contributed by atoms with Gasteiger partial charge in [-0.2, -0.15) is 0 Å². The summed E-state index contributed by atoms with van der Waals surface area (Å²) < 4.78 is 11.2. The number of nitrogens with one attached hydrogen (secondary N) is 2. The number of carbonyl (C=O) groups excluding carboxylic acids is 4. The molecule has 0 saturated carbocycles. The molecular formula is C25H23N5O7. The minimum absolute atomic E-state index is 0.100. The fraction of sp³-hybridized carbons (Fsp3) is 0.320. The van der Waals surface area contributed by atoms with Gasteiger partial charge in [0.15, 0.2) is 11.1 Å². The van der Waals surface area contributed by atoms with Crippen LogP contribution in [0, 0.1) is 0 Å². The first-order valence-corrected chi connectivity index (χ1v) is 11.8. The van der Waals surface area contributed by atoms with E-state index in [2.05, 4.69) is 15.6 Å². The molecule has 6 rings (SSSR count). The molecule has 3 aliphatic heterocycles. The molecule has 2 saturated heterocycles. The van der Waals surface area contributed by atoms with Gasteiger partial charge in [-0.05, 0) is 36.2 Å². The topological polar surface area (TPSA) is 154 Å². The van der Waals surface area contributed by atoms with E-state index in [1.54, 1.807) is 30.3 Å². The van der Waals surface area contributed by atoms with E-state index in [0.29, 0.717) is 41.1 Å². The van der Waals surface area contributed by atoms with Crippen LogP contribution in [-0.2, 0) is 21.7 Å². The monoisotopic (exact) mass is 505 g/mol. The minimum Gasteiger partial charge on any atom is -0.497 e. The van der Waals surface area contributed by atoms with Gasteiger partial charge in [0.2, 0.25) is 5.91 Å². The number of imide groups is 1. The van der Waals surface area contributed by atoms with Crippen molar-refractivity contribution in [2.45, 2.75) is 31.0 Å². The highest BCUT2D eigenvalue weighted by Gasteiger charge is 2.53. The lowest BCUT2D eigenvalue weighted by molar-refractivity contribution is -0.125. The van der Waals surface area contributed by atoms with Gasteiger partial charge in [-0.25, -0.2) is 9.78 Å². The number of carbonyl (C=O) groups is 4. The summed E-state index contributed by atoms with van der Waals surface area (Å²) in [5.74, 6) is -0.112. The molecule has 190 valence electrons. The third-order valence-corrected chi connectivity index (χ3v) is 7.13. The Morgan fingerprint density at radius 1 is 1.19 bits per heavy atom. The third kappa shape index (κ3) is 3.51. The summed E-state index contributed by atoms with van der Waals surface area (Å²) in [5.41, 5.74) is 0.244. The van der Waals surface area contributed by atoms with Crippen molar-refractivity contribution in [3.05, 3.63) is 53.3 Å². The Labute approximate surface area is 210 Å². The first kappa shape index (κ1) is 23.0. The molecule has 5 amide bonds. The van der Waals surface area contributed by atoms with Crippen LogP contribution in [0.1, 0.15) is 34.5 Å². The molecule has 3 aliphatic rings. The highest BCUT2D eigenvalue weighted by atomic mass is 16.5. The first-order chi connectivity index (χ1) is 17.8. The van der Waals surface area contributed by atoms with Gasteiger partial charge in [0.1, 0.15) is 22.8 Å². The average Bonchev–Trinajstić information content (AvgIpc) is 3.63. The molecule has 2 atom stereocenters. The predicted molar refractivity (Wildman–Crippen MR) is 128 cm³/mol. The molecule has 0 aliphatic carbocycles. The molecule has 12 nitrogen and oxygen atoms in total. The fourth-order valence-electron chi connectivity index (χ4n) is 5.22. The van der Waals surface area contributed by atoms with Crippen molar-refractivity contribution in [3.63, 3.8) is 0 Å². The molecule has 0 spiro atoms. The molecule has 0 bridgehead atoms. The number of anilines is 1. The number of fused-ring (bicyclic) bond motifs is 2. The summed E-state index contributed by atoms with van der Waals surface area (Å²) in [6.07, 6.45) is 0.841. The van der Waals surface area contributed by atoms with Gasteiger partial charge in [0, 0.05) is 24.6 Å². The first-order valence-electron chi connectivity index (χ1n) is 11.8. The molecule has 3 N–H and O–H groups in total. The van der Waals surface area contributed by atoms with Gasteiger partial charge in [-0.3, -0.25) is 24.6 Å². The summed E-state index contributed by atoms with van der Waals surface area (Å²) in [7, 11) is 1.51. The van der Waals surface area contributed by atoms with Crippen LogP contribution < -0.4 is 20.3 Å². The quantitative estimate of drug-likeness (QED) is 0.420. The van der Waals surface area contributed by atoms with E-state index in [1.807, 2.05) is 0 Å². The van der Waals surface area contributed by atoms with E-state index in [9.17, 15) is 24.3 Å². The van der Waals surface area contributed by atoms with Crippen LogP contribution in [0.25, 0.3) is 11.1 Å². The molecule has 12 heteroatoms. The largest absolute Gasteiger partial charge is 0.497 e. The normalized spacial score (nSPS) is 23.1. The Kier molecular flexibility index (Phi) is 5.16. The van der Waals surface area contributed by atoms with Crippen LogP contribution >= 0.6 is 0 Å². The van der Waals surface area contributed by atoms with E-state index >= 15 is 0 Å². The number of aliphatic hydroxyl groups is 1. The molecule has 2 fully saturated rings. The molecule has 5 heterocycles. The summed E-state index contributed by atoms with van der Waals surface area (Å²) in [6, 6.07) is 8.86. The highest BCUT2D eigenvalue weighted by Crippen LogP contribution is 2.35. The number of nitrogens with zero attached hydrogens (tertiary/aromatic N) is 3. The lowest BCUT2D eigenvalue weighted by atomic mass is 9.95. The maximum atomic E-state index is 13.2. The number of aliphatic hydroxyl groups excluding tert-OH is 1. The Balaban J connectivity index is 1.36. The number of pyridine rings is 1. The average molecular weight is 505 g/mol. The molecule has 37 heavy (non-hydrogen) atoms. The zero-order valence-electron chi connectivity index (χ0n) is 19.8.